The van der Waals surface area contributed by atoms with E-state index in [1.807, 2.05) is 38.2 Å². The molecule has 4 aromatic rings. The first-order valence-electron chi connectivity index (χ1n) is 19.4. The Morgan fingerprint density at radius 3 is 2.33 bits per heavy atom. The van der Waals surface area contributed by atoms with Gasteiger partial charge in [-0.05, 0) is 98.4 Å². The number of aromatic nitrogens is 3. The number of nitrogens with one attached hydrogen (secondary N) is 2. The highest BCUT2D eigenvalue weighted by Gasteiger charge is 2.41. The highest BCUT2D eigenvalue weighted by Crippen LogP contribution is 2.37. The number of hydrogen-bond acceptors (Lipinski definition) is 11. The van der Waals surface area contributed by atoms with E-state index in [0.717, 1.165) is 56.7 Å². The van der Waals surface area contributed by atoms with Gasteiger partial charge in [0.15, 0.2) is 5.75 Å². The fraction of sp³-hybridized carbons (Fsp3) is 0.429. The lowest BCUT2D eigenvalue weighted by Gasteiger charge is -2.39. The molecule has 2 aromatic heterocycles. The van der Waals surface area contributed by atoms with Crippen molar-refractivity contribution in [2.24, 2.45) is 0 Å². The Kier molecular flexibility index (Phi) is 10.2. The minimum atomic E-state index is -0.980. The normalized spacial score (nSPS) is 20.4. The summed E-state index contributed by atoms with van der Waals surface area (Å²) in [4.78, 5) is 56.9. The number of carbonyl (C=O) groups excluding carboxylic acids is 3. The minimum absolute atomic E-state index is 0.0687. The number of benzene rings is 2. The molecular weight excluding hydrogens is 697 g/mol. The quantitative estimate of drug-likeness (QED) is 0.188. The zero-order valence-corrected chi connectivity index (χ0v) is 31.4. The maximum Gasteiger partial charge on any atom is 0.255 e. The number of ether oxygens (including phenoxy) is 1. The maximum atomic E-state index is 13.1. The van der Waals surface area contributed by atoms with Crippen molar-refractivity contribution >= 4 is 35.2 Å². The lowest BCUT2D eigenvalue weighted by molar-refractivity contribution is -0.136. The standard InChI is InChI=1S/C42H48N8O5/c1-27(2)55-34-23-44-41(45-24-34)46-37-11-5-30(22-43-37)29-13-17-49(18-14-29)33-7-3-28(4-8-33)25-48-19-15-42(54,16-20-48)32-6-9-35-31(21-32)26-50(40(35)53)36-10-12-38(51)47-39(36)52/h3-9,11,21-24,27,29,36,54H,10,12-20,25-26H2,1-2H3,(H,47,51,52)(H,43,44,45,46). The molecule has 0 saturated carbocycles. The molecule has 3 amide bonds. The lowest BCUT2D eigenvalue weighted by atomic mass is 9.83. The molecular formula is C42H48N8O5. The highest BCUT2D eigenvalue weighted by molar-refractivity contribution is 6.05. The number of amides is 3. The van der Waals surface area contributed by atoms with Gasteiger partial charge in [0.2, 0.25) is 17.8 Å². The van der Waals surface area contributed by atoms with E-state index in [0.29, 0.717) is 54.8 Å². The van der Waals surface area contributed by atoms with Crippen molar-refractivity contribution in [1.29, 1.82) is 0 Å². The predicted octanol–water partition coefficient (Wildman–Crippen LogP) is 5.03. The average molecular weight is 745 g/mol. The molecule has 2 aromatic carbocycles. The maximum absolute atomic E-state index is 13.1. The van der Waals surface area contributed by atoms with E-state index in [4.69, 9.17) is 4.74 Å². The summed E-state index contributed by atoms with van der Waals surface area (Å²) in [7, 11) is 0. The lowest BCUT2D eigenvalue weighted by Crippen LogP contribution is -2.52. The van der Waals surface area contributed by atoms with Crippen LogP contribution in [0.2, 0.25) is 0 Å². The Morgan fingerprint density at radius 1 is 0.909 bits per heavy atom. The molecule has 0 spiro atoms. The van der Waals surface area contributed by atoms with E-state index < -0.39 is 17.6 Å². The van der Waals surface area contributed by atoms with Crippen molar-refractivity contribution in [2.75, 3.05) is 36.4 Å². The van der Waals surface area contributed by atoms with E-state index >= 15 is 0 Å². The number of fused-ring (bicyclic) bond motifs is 1. The molecule has 3 saturated heterocycles. The van der Waals surface area contributed by atoms with Gasteiger partial charge < -0.3 is 25.0 Å². The number of nitrogens with zero attached hydrogens (tertiary/aromatic N) is 6. The smallest absolute Gasteiger partial charge is 0.255 e. The Balaban J connectivity index is 0.795. The predicted molar refractivity (Wildman–Crippen MR) is 207 cm³/mol. The summed E-state index contributed by atoms with van der Waals surface area (Å²) in [6.07, 6.45) is 9.21. The second kappa shape index (κ2) is 15.4. The molecule has 13 nitrogen and oxygen atoms in total. The third-order valence-corrected chi connectivity index (χ3v) is 11.4. The highest BCUT2D eigenvalue weighted by atomic mass is 16.5. The van der Waals surface area contributed by atoms with Crippen LogP contribution in [0.3, 0.4) is 0 Å². The van der Waals surface area contributed by atoms with Crippen molar-refractivity contribution in [3.05, 3.63) is 101 Å². The number of piperidine rings is 3. The van der Waals surface area contributed by atoms with Crippen molar-refractivity contribution < 1.29 is 24.2 Å². The van der Waals surface area contributed by atoms with Crippen LogP contribution in [0, 0.1) is 0 Å². The van der Waals surface area contributed by atoms with E-state index in [2.05, 4.69) is 65.7 Å². The van der Waals surface area contributed by atoms with E-state index in [1.165, 1.54) is 16.8 Å². The second-order valence-electron chi connectivity index (χ2n) is 15.5. The van der Waals surface area contributed by atoms with Crippen LogP contribution in [-0.4, -0.2) is 85.9 Å². The van der Waals surface area contributed by atoms with Crippen LogP contribution in [0.5, 0.6) is 5.75 Å². The van der Waals surface area contributed by atoms with Crippen LogP contribution >= 0.6 is 0 Å². The summed E-state index contributed by atoms with van der Waals surface area (Å²) in [5.41, 5.74) is 4.95. The number of rotatable bonds is 10. The average Bonchev–Trinajstić information content (AvgIpc) is 3.52. The molecule has 13 heteroatoms. The van der Waals surface area contributed by atoms with E-state index in [1.54, 1.807) is 23.4 Å². The van der Waals surface area contributed by atoms with Crippen molar-refractivity contribution in [3.8, 4) is 5.75 Å². The number of pyridine rings is 1. The van der Waals surface area contributed by atoms with Gasteiger partial charge in [0.25, 0.3) is 5.91 Å². The van der Waals surface area contributed by atoms with Crippen LogP contribution in [0.4, 0.5) is 17.5 Å². The van der Waals surface area contributed by atoms with Gasteiger partial charge in [0, 0.05) is 63.1 Å². The molecule has 3 N–H and O–H groups in total. The van der Waals surface area contributed by atoms with Gasteiger partial charge in [-0.3, -0.25) is 24.6 Å². The summed E-state index contributed by atoms with van der Waals surface area (Å²) in [5.74, 6) is 1.37. The summed E-state index contributed by atoms with van der Waals surface area (Å²) in [6, 6.07) is 17.9. The number of likely N-dealkylation sites (tertiary alicyclic amines) is 1. The molecule has 1 unspecified atom stereocenters. The third-order valence-electron chi connectivity index (χ3n) is 11.4. The first-order chi connectivity index (χ1) is 26.6. The van der Waals surface area contributed by atoms with Crippen molar-refractivity contribution in [1.82, 2.24) is 30.1 Å². The molecule has 6 heterocycles. The number of aliphatic hydroxyl groups is 1. The summed E-state index contributed by atoms with van der Waals surface area (Å²) < 4.78 is 5.62. The largest absolute Gasteiger partial charge is 0.488 e. The van der Waals surface area contributed by atoms with Gasteiger partial charge in [0.05, 0.1) is 24.1 Å². The fourth-order valence-corrected chi connectivity index (χ4v) is 8.32. The molecule has 8 rings (SSSR count). The second-order valence-corrected chi connectivity index (χ2v) is 15.5. The zero-order valence-electron chi connectivity index (χ0n) is 31.4. The summed E-state index contributed by atoms with van der Waals surface area (Å²) >= 11 is 0. The van der Waals surface area contributed by atoms with Crippen LogP contribution < -0.4 is 20.3 Å². The zero-order chi connectivity index (χ0) is 38.1. The van der Waals surface area contributed by atoms with Crippen molar-refractivity contribution in [3.63, 3.8) is 0 Å². The van der Waals surface area contributed by atoms with Crippen molar-refractivity contribution in [2.45, 2.75) is 89.1 Å². The minimum Gasteiger partial charge on any atom is -0.488 e. The van der Waals surface area contributed by atoms with E-state index in [-0.39, 0.29) is 24.3 Å². The molecule has 4 aliphatic heterocycles. The van der Waals surface area contributed by atoms with Crippen LogP contribution in [0.15, 0.2) is 73.2 Å². The Hall–Kier alpha value is -5.40. The Morgan fingerprint density at radius 2 is 1.65 bits per heavy atom. The molecule has 0 aliphatic carbocycles. The molecule has 1 atom stereocenters. The fourth-order valence-electron chi connectivity index (χ4n) is 8.32. The van der Waals surface area contributed by atoms with Crippen LogP contribution in [0.1, 0.15) is 90.9 Å². The summed E-state index contributed by atoms with van der Waals surface area (Å²) in [6.45, 7) is 8.53. The van der Waals surface area contributed by atoms with Crippen LogP contribution in [-0.2, 0) is 28.3 Å². The molecule has 4 aliphatic rings. The molecule has 3 fully saturated rings. The SMILES string of the molecule is CC(C)Oc1cnc(Nc2ccc(C3CCN(c4ccc(CN5CCC(O)(c6ccc7c(c6)CN(C6CCC(=O)NC6=O)C7=O)CC5)cc4)CC3)cn2)nc1. The number of anilines is 3. The summed E-state index contributed by atoms with van der Waals surface area (Å²) in [5, 5.41) is 17.2. The molecule has 0 radical (unpaired) electrons. The van der Waals surface area contributed by atoms with Gasteiger partial charge in [-0.2, -0.15) is 0 Å². The number of hydrogen-bond donors (Lipinski definition) is 3. The van der Waals surface area contributed by atoms with Gasteiger partial charge >= 0.3 is 0 Å². The molecule has 55 heavy (non-hydrogen) atoms. The molecule has 286 valence electrons. The third kappa shape index (κ3) is 8.04. The van der Waals surface area contributed by atoms with E-state index in [9.17, 15) is 19.5 Å². The number of imide groups is 1. The van der Waals surface area contributed by atoms with Gasteiger partial charge in [-0.15, -0.1) is 0 Å². The molecule has 0 bridgehead atoms. The topological polar surface area (TPSA) is 153 Å². The number of carbonyl (C=O) groups is 3. The van der Waals surface area contributed by atoms with Gasteiger partial charge in [-0.1, -0.05) is 30.3 Å². The monoisotopic (exact) mass is 744 g/mol. The first-order valence-corrected chi connectivity index (χ1v) is 19.4. The van der Waals surface area contributed by atoms with Gasteiger partial charge in [0.1, 0.15) is 11.9 Å². The Bertz CT molecular complexity index is 2020. The first kappa shape index (κ1) is 36.6. The Labute approximate surface area is 321 Å². The van der Waals surface area contributed by atoms with Crippen LogP contribution in [0.25, 0.3) is 0 Å². The van der Waals surface area contributed by atoms with Gasteiger partial charge in [-0.25, -0.2) is 15.0 Å².